The SMILES string of the molecule is NC(=O)NCCNC(=O)c1n[nH]c(C2CC2)c1N. The van der Waals surface area contributed by atoms with E-state index in [1.54, 1.807) is 0 Å². The van der Waals surface area contributed by atoms with Crippen molar-refractivity contribution >= 4 is 17.6 Å². The number of H-pyrrole nitrogens is 1. The first kappa shape index (κ1) is 12.2. The third kappa shape index (κ3) is 2.70. The van der Waals surface area contributed by atoms with Crippen molar-refractivity contribution in [3.63, 3.8) is 0 Å². The van der Waals surface area contributed by atoms with Crippen molar-refractivity contribution in [1.82, 2.24) is 20.8 Å². The summed E-state index contributed by atoms with van der Waals surface area (Å²) in [6, 6.07) is -0.625. The van der Waals surface area contributed by atoms with Gasteiger partial charge in [0.25, 0.3) is 5.91 Å². The van der Waals surface area contributed by atoms with Crippen LogP contribution in [0.5, 0.6) is 0 Å². The number of nitrogens with two attached hydrogens (primary N) is 2. The lowest BCUT2D eigenvalue weighted by molar-refractivity contribution is 0.0950. The second-order valence-corrected chi connectivity index (χ2v) is 4.22. The zero-order valence-corrected chi connectivity index (χ0v) is 9.82. The fraction of sp³-hybridized carbons (Fsp3) is 0.500. The average molecular weight is 252 g/mol. The molecule has 0 bridgehead atoms. The number of amides is 3. The number of aromatic nitrogens is 2. The third-order valence-corrected chi connectivity index (χ3v) is 2.74. The van der Waals surface area contributed by atoms with Crippen molar-refractivity contribution in [3.8, 4) is 0 Å². The fourth-order valence-electron chi connectivity index (χ4n) is 1.67. The Morgan fingerprint density at radius 2 is 2.00 bits per heavy atom. The molecule has 1 aromatic heterocycles. The first-order valence-corrected chi connectivity index (χ1v) is 5.75. The summed E-state index contributed by atoms with van der Waals surface area (Å²) in [5, 5.41) is 11.7. The van der Waals surface area contributed by atoms with Gasteiger partial charge in [-0.2, -0.15) is 5.10 Å². The number of hydrogen-bond donors (Lipinski definition) is 5. The van der Waals surface area contributed by atoms with Gasteiger partial charge in [0.15, 0.2) is 5.69 Å². The highest BCUT2D eigenvalue weighted by atomic mass is 16.2. The summed E-state index contributed by atoms with van der Waals surface area (Å²) in [6.07, 6.45) is 2.16. The molecule has 1 aliphatic rings. The molecule has 1 saturated carbocycles. The largest absolute Gasteiger partial charge is 0.395 e. The van der Waals surface area contributed by atoms with Gasteiger partial charge in [0.05, 0.1) is 11.4 Å². The zero-order chi connectivity index (χ0) is 13.1. The van der Waals surface area contributed by atoms with Crippen LogP contribution in [-0.4, -0.2) is 35.2 Å². The van der Waals surface area contributed by atoms with Gasteiger partial charge in [-0.25, -0.2) is 4.79 Å². The predicted octanol–water partition coefficient (Wildman–Crippen LogP) is -0.733. The van der Waals surface area contributed by atoms with E-state index in [2.05, 4.69) is 20.8 Å². The lowest BCUT2D eigenvalue weighted by Crippen LogP contribution is -2.37. The van der Waals surface area contributed by atoms with Crippen LogP contribution in [0.25, 0.3) is 0 Å². The van der Waals surface area contributed by atoms with Gasteiger partial charge in [0.1, 0.15) is 0 Å². The third-order valence-electron chi connectivity index (χ3n) is 2.74. The number of primary amides is 1. The lowest BCUT2D eigenvalue weighted by atomic mass is 10.2. The molecule has 8 nitrogen and oxygen atoms in total. The molecule has 8 heteroatoms. The van der Waals surface area contributed by atoms with Gasteiger partial charge in [0.2, 0.25) is 0 Å². The first-order valence-electron chi connectivity index (χ1n) is 5.75. The van der Waals surface area contributed by atoms with Crippen LogP contribution in [0.1, 0.15) is 34.9 Å². The average Bonchev–Trinajstić information content (AvgIpc) is 3.08. The zero-order valence-electron chi connectivity index (χ0n) is 9.82. The Hall–Kier alpha value is -2.25. The highest BCUT2D eigenvalue weighted by molar-refractivity contribution is 5.97. The summed E-state index contributed by atoms with van der Waals surface area (Å²) in [4.78, 5) is 22.2. The summed E-state index contributed by atoms with van der Waals surface area (Å²) in [7, 11) is 0. The van der Waals surface area contributed by atoms with Crippen LogP contribution >= 0.6 is 0 Å². The van der Waals surface area contributed by atoms with Crippen LogP contribution in [0.4, 0.5) is 10.5 Å². The van der Waals surface area contributed by atoms with Crippen LogP contribution in [0.2, 0.25) is 0 Å². The smallest absolute Gasteiger partial charge is 0.312 e. The van der Waals surface area contributed by atoms with Crippen molar-refractivity contribution in [2.45, 2.75) is 18.8 Å². The molecule has 1 heterocycles. The molecule has 98 valence electrons. The quantitative estimate of drug-likeness (QED) is 0.441. The highest BCUT2D eigenvalue weighted by Crippen LogP contribution is 2.42. The Labute approximate surface area is 103 Å². The molecule has 0 atom stereocenters. The molecule has 3 amide bonds. The standard InChI is InChI=1S/C10H16N6O2/c11-6-7(5-1-2-5)15-16-8(6)9(17)13-3-4-14-10(12)18/h5H,1-4,11H2,(H,13,17)(H,15,16)(H3,12,14,18). The Bertz CT molecular complexity index is 465. The number of nitrogens with zero attached hydrogens (tertiary/aromatic N) is 1. The van der Waals surface area contributed by atoms with Crippen molar-refractivity contribution in [3.05, 3.63) is 11.4 Å². The van der Waals surface area contributed by atoms with Crippen molar-refractivity contribution in [2.24, 2.45) is 5.73 Å². The van der Waals surface area contributed by atoms with Crippen molar-refractivity contribution < 1.29 is 9.59 Å². The van der Waals surface area contributed by atoms with Crippen LogP contribution in [0.3, 0.4) is 0 Å². The molecule has 7 N–H and O–H groups in total. The van der Waals surface area contributed by atoms with Crippen molar-refractivity contribution in [2.75, 3.05) is 18.8 Å². The van der Waals surface area contributed by atoms with E-state index in [-0.39, 0.29) is 24.7 Å². The minimum Gasteiger partial charge on any atom is -0.395 e. The minimum atomic E-state index is -0.625. The van der Waals surface area contributed by atoms with Gasteiger partial charge in [0, 0.05) is 19.0 Å². The molecule has 2 rings (SSSR count). The monoisotopic (exact) mass is 252 g/mol. The maximum Gasteiger partial charge on any atom is 0.312 e. The second kappa shape index (κ2) is 4.94. The molecule has 1 aliphatic carbocycles. The number of nitrogen functional groups attached to an aromatic ring is 1. The summed E-state index contributed by atoms with van der Waals surface area (Å²) in [5.41, 5.74) is 12.2. The van der Waals surface area contributed by atoms with Crippen LogP contribution < -0.4 is 22.1 Å². The number of nitrogens with one attached hydrogen (secondary N) is 3. The van der Waals surface area contributed by atoms with Crippen LogP contribution in [0, 0.1) is 0 Å². The summed E-state index contributed by atoms with van der Waals surface area (Å²) in [5.74, 6) is 0.0532. The fourth-order valence-corrected chi connectivity index (χ4v) is 1.67. The molecular weight excluding hydrogens is 236 g/mol. The number of carbonyl (C=O) groups is 2. The Morgan fingerprint density at radius 1 is 1.33 bits per heavy atom. The first-order chi connectivity index (χ1) is 8.59. The normalized spacial score (nSPS) is 14.2. The number of carbonyl (C=O) groups excluding carboxylic acids is 2. The van der Waals surface area contributed by atoms with E-state index < -0.39 is 6.03 Å². The maximum atomic E-state index is 11.7. The summed E-state index contributed by atoms with van der Waals surface area (Å²) in [6.45, 7) is 0.535. The number of urea groups is 1. The topological polar surface area (TPSA) is 139 Å². The molecule has 0 spiro atoms. The number of hydrogen-bond acceptors (Lipinski definition) is 4. The molecule has 0 aromatic carbocycles. The summed E-state index contributed by atoms with van der Waals surface area (Å²) >= 11 is 0. The second-order valence-electron chi connectivity index (χ2n) is 4.22. The van der Waals surface area contributed by atoms with Gasteiger partial charge in [-0.1, -0.05) is 0 Å². The Morgan fingerprint density at radius 3 is 2.61 bits per heavy atom. The molecule has 0 radical (unpaired) electrons. The van der Waals surface area contributed by atoms with E-state index >= 15 is 0 Å². The summed E-state index contributed by atoms with van der Waals surface area (Å²) < 4.78 is 0. The van der Waals surface area contributed by atoms with Gasteiger partial charge in [-0.05, 0) is 12.8 Å². The van der Waals surface area contributed by atoms with Crippen molar-refractivity contribution in [1.29, 1.82) is 0 Å². The molecular formula is C10H16N6O2. The van der Waals surface area contributed by atoms with Gasteiger partial charge in [-0.15, -0.1) is 0 Å². The Balaban J connectivity index is 1.86. The van der Waals surface area contributed by atoms with Gasteiger partial charge < -0.3 is 22.1 Å². The van der Waals surface area contributed by atoms with E-state index in [0.717, 1.165) is 18.5 Å². The maximum absolute atomic E-state index is 11.7. The molecule has 0 saturated heterocycles. The number of rotatable bonds is 5. The predicted molar refractivity (Wildman–Crippen MR) is 64.9 cm³/mol. The van der Waals surface area contributed by atoms with E-state index in [9.17, 15) is 9.59 Å². The number of anilines is 1. The molecule has 1 fully saturated rings. The van der Waals surface area contributed by atoms with Gasteiger partial charge >= 0.3 is 6.03 Å². The molecule has 18 heavy (non-hydrogen) atoms. The minimum absolute atomic E-state index is 0.205. The van der Waals surface area contributed by atoms with Crippen LogP contribution in [-0.2, 0) is 0 Å². The molecule has 0 aliphatic heterocycles. The molecule has 1 aromatic rings. The van der Waals surface area contributed by atoms with E-state index in [4.69, 9.17) is 11.5 Å². The highest BCUT2D eigenvalue weighted by Gasteiger charge is 2.30. The van der Waals surface area contributed by atoms with E-state index in [1.165, 1.54) is 0 Å². The van der Waals surface area contributed by atoms with E-state index in [0.29, 0.717) is 11.6 Å². The van der Waals surface area contributed by atoms with E-state index in [1.807, 2.05) is 0 Å². The Kier molecular flexibility index (Phi) is 3.35. The number of aromatic amines is 1. The lowest BCUT2D eigenvalue weighted by Gasteiger charge is -2.04. The molecule has 0 unspecified atom stereocenters. The van der Waals surface area contributed by atoms with Gasteiger partial charge in [-0.3, -0.25) is 9.89 Å². The van der Waals surface area contributed by atoms with Crippen LogP contribution in [0.15, 0.2) is 0 Å².